The fourth-order valence-corrected chi connectivity index (χ4v) is 3.79. The molecule has 1 amide bonds. The lowest BCUT2D eigenvalue weighted by atomic mass is 10.0. The number of carbonyl (C=O) groups excluding carboxylic acids is 1. The van der Waals surface area contributed by atoms with Crippen molar-refractivity contribution in [3.05, 3.63) is 66.2 Å². The second kappa shape index (κ2) is 8.95. The van der Waals surface area contributed by atoms with Crippen LogP contribution >= 0.6 is 0 Å². The van der Waals surface area contributed by atoms with Gasteiger partial charge in [-0.3, -0.25) is 4.79 Å². The Morgan fingerprint density at radius 3 is 2.83 bits per heavy atom. The molecule has 0 radical (unpaired) electrons. The number of hydrogen-bond acceptors (Lipinski definition) is 4. The van der Waals surface area contributed by atoms with Crippen LogP contribution in [0.1, 0.15) is 25.3 Å². The Bertz CT molecular complexity index is 974. The van der Waals surface area contributed by atoms with Crippen LogP contribution in [0.5, 0.6) is 5.75 Å². The standard InChI is InChI=1S/C24H27N3O2/c1-18-7-6-14-27(16-18)22-13-12-20-10-5-11-21(24(20)26-22)29-17-23(28)25-15-19-8-3-2-4-9-19/h2-5,8-13,18H,6-7,14-17H2,1H3,(H,25,28)/t18-/m0/s1. The van der Waals surface area contributed by atoms with Crippen LogP contribution in [0.4, 0.5) is 5.82 Å². The van der Waals surface area contributed by atoms with E-state index in [4.69, 9.17) is 9.72 Å². The van der Waals surface area contributed by atoms with Gasteiger partial charge in [-0.1, -0.05) is 49.4 Å². The number of pyridine rings is 1. The molecular weight excluding hydrogens is 362 g/mol. The van der Waals surface area contributed by atoms with Crippen molar-refractivity contribution >= 4 is 22.6 Å². The van der Waals surface area contributed by atoms with Gasteiger partial charge in [-0.25, -0.2) is 4.98 Å². The van der Waals surface area contributed by atoms with Crippen LogP contribution in [0.2, 0.25) is 0 Å². The van der Waals surface area contributed by atoms with Crippen LogP contribution in [-0.4, -0.2) is 30.6 Å². The van der Waals surface area contributed by atoms with E-state index in [2.05, 4.69) is 29.3 Å². The monoisotopic (exact) mass is 389 g/mol. The maximum Gasteiger partial charge on any atom is 0.258 e. The Balaban J connectivity index is 1.44. The average molecular weight is 389 g/mol. The van der Waals surface area contributed by atoms with E-state index in [0.717, 1.165) is 35.4 Å². The molecule has 1 N–H and O–H groups in total. The molecule has 5 heteroatoms. The molecule has 2 heterocycles. The van der Waals surface area contributed by atoms with Crippen LogP contribution in [0, 0.1) is 5.92 Å². The Hall–Kier alpha value is -3.08. The minimum atomic E-state index is -0.146. The average Bonchev–Trinajstić information content (AvgIpc) is 2.76. The first-order chi connectivity index (χ1) is 14.2. The fourth-order valence-electron chi connectivity index (χ4n) is 3.79. The molecule has 0 saturated carbocycles. The first-order valence-corrected chi connectivity index (χ1v) is 10.3. The van der Waals surface area contributed by atoms with Crippen molar-refractivity contribution in [1.82, 2.24) is 10.3 Å². The number of ether oxygens (including phenoxy) is 1. The molecule has 150 valence electrons. The van der Waals surface area contributed by atoms with Crippen LogP contribution in [0.25, 0.3) is 10.9 Å². The third kappa shape index (κ3) is 4.86. The van der Waals surface area contributed by atoms with E-state index in [0.29, 0.717) is 18.2 Å². The van der Waals surface area contributed by atoms with Crippen molar-refractivity contribution in [2.24, 2.45) is 5.92 Å². The highest BCUT2D eigenvalue weighted by Crippen LogP contribution is 2.28. The van der Waals surface area contributed by atoms with E-state index in [9.17, 15) is 4.79 Å². The number of para-hydroxylation sites is 1. The summed E-state index contributed by atoms with van der Waals surface area (Å²) in [7, 11) is 0. The Kier molecular flexibility index (Phi) is 5.94. The summed E-state index contributed by atoms with van der Waals surface area (Å²) in [4.78, 5) is 19.4. The van der Waals surface area contributed by atoms with Crippen molar-refractivity contribution in [2.45, 2.75) is 26.3 Å². The lowest BCUT2D eigenvalue weighted by Gasteiger charge is -2.32. The van der Waals surface area contributed by atoms with Gasteiger partial charge in [-0.15, -0.1) is 0 Å². The number of amides is 1. The molecule has 0 bridgehead atoms. The van der Waals surface area contributed by atoms with Crippen LogP contribution in [0.3, 0.4) is 0 Å². The molecule has 1 aliphatic heterocycles. The first kappa shape index (κ1) is 19.2. The predicted octanol–water partition coefficient (Wildman–Crippen LogP) is 4.17. The quantitative estimate of drug-likeness (QED) is 0.688. The van der Waals surface area contributed by atoms with E-state index < -0.39 is 0 Å². The van der Waals surface area contributed by atoms with Crippen LogP contribution in [0.15, 0.2) is 60.7 Å². The normalized spacial score (nSPS) is 16.6. The van der Waals surface area contributed by atoms with E-state index in [-0.39, 0.29) is 12.5 Å². The molecule has 1 aromatic heterocycles. The molecule has 29 heavy (non-hydrogen) atoms. The van der Waals surface area contributed by atoms with Gasteiger partial charge in [-0.05, 0) is 42.5 Å². The minimum Gasteiger partial charge on any atom is -0.481 e. The number of nitrogens with one attached hydrogen (secondary N) is 1. The van der Waals surface area contributed by atoms with E-state index in [1.54, 1.807) is 0 Å². The summed E-state index contributed by atoms with van der Waals surface area (Å²) in [5.41, 5.74) is 1.87. The third-order valence-corrected chi connectivity index (χ3v) is 5.34. The van der Waals surface area contributed by atoms with Gasteiger partial charge in [-0.2, -0.15) is 0 Å². The number of rotatable bonds is 6. The van der Waals surface area contributed by atoms with E-state index >= 15 is 0 Å². The highest BCUT2D eigenvalue weighted by atomic mass is 16.5. The molecule has 4 rings (SSSR count). The number of hydrogen-bond donors (Lipinski definition) is 1. The summed E-state index contributed by atoms with van der Waals surface area (Å²) in [5, 5.41) is 3.91. The summed E-state index contributed by atoms with van der Waals surface area (Å²) < 4.78 is 5.84. The molecular formula is C24H27N3O2. The van der Waals surface area contributed by atoms with Crippen LogP contribution < -0.4 is 15.0 Å². The summed E-state index contributed by atoms with van der Waals surface area (Å²) >= 11 is 0. The molecule has 1 aliphatic rings. The predicted molar refractivity (Wildman–Crippen MR) is 116 cm³/mol. The second-order valence-electron chi connectivity index (χ2n) is 7.74. The van der Waals surface area contributed by atoms with Crippen molar-refractivity contribution in [3.8, 4) is 5.75 Å². The van der Waals surface area contributed by atoms with Gasteiger partial charge in [0.15, 0.2) is 6.61 Å². The molecule has 5 nitrogen and oxygen atoms in total. The maximum absolute atomic E-state index is 12.2. The maximum atomic E-state index is 12.2. The molecule has 0 spiro atoms. The number of piperidine rings is 1. The summed E-state index contributed by atoms with van der Waals surface area (Å²) in [6.07, 6.45) is 2.47. The topological polar surface area (TPSA) is 54.5 Å². The first-order valence-electron chi connectivity index (χ1n) is 10.3. The number of benzene rings is 2. The lowest BCUT2D eigenvalue weighted by Crippen LogP contribution is -2.34. The molecule has 1 fully saturated rings. The number of anilines is 1. The Labute approximate surface area is 171 Å². The van der Waals surface area contributed by atoms with Gasteiger partial charge in [0.25, 0.3) is 5.91 Å². The number of carbonyl (C=O) groups is 1. The van der Waals surface area contributed by atoms with Gasteiger partial charge >= 0.3 is 0 Å². The summed E-state index contributed by atoms with van der Waals surface area (Å²) in [6, 6.07) is 19.8. The third-order valence-electron chi connectivity index (χ3n) is 5.34. The number of fused-ring (bicyclic) bond motifs is 1. The van der Waals surface area contributed by atoms with Crippen molar-refractivity contribution in [2.75, 3.05) is 24.6 Å². The molecule has 0 aliphatic carbocycles. The summed E-state index contributed by atoms with van der Waals surface area (Å²) in [5.74, 6) is 2.16. The Morgan fingerprint density at radius 1 is 1.14 bits per heavy atom. The molecule has 1 atom stereocenters. The van der Waals surface area contributed by atoms with Crippen molar-refractivity contribution in [1.29, 1.82) is 0 Å². The zero-order valence-electron chi connectivity index (χ0n) is 16.8. The molecule has 2 aromatic carbocycles. The van der Waals surface area contributed by atoms with E-state index in [1.807, 2.05) is 48.5 Å². The van der Waals surface area contributed by atoms with Gasteiger partial charge < -0.3 is 15.0 Å². The summed E-state index contributed by atoms with van der Waals surface area (Å²) in [6.45, 7) is 4.82. The molecule has 1 saturated heterocycles. The highest BCUT2D eigenvalue weighted by molar-refractivity contribution is 5.86. The largest absolute Gasteiger partial charge is 0.481 e. The molecule has 0 unspecified atom stereocenters. The Morgan fingerprint density at radius 2 is 2.00 bits per heavy atom. The minimum absolute atomic E-state index is 0.0292. The SMILES string of the molecule is C[C@H]1CCCN(c2ccc3cccc(OCC(=O)NCc4ccccc4)c3n2)C1. The smallest absolute Gasteiger partial charge is 0.258 e. The van der Waals surface area contributed by atoms with E-state index in [1.165, 1.54) is 12.8 Å². The number of nitrogens with zero attached hydrogens (tertiary/aromatic N) is 2. The van der Waals surface area contributed by atoms with Crippen molar-refractivity contribution in [3.63, 3.8) is 0 Å². The van der Waals surface area contributed by atoms with Gasteiger partial charge in [0.2, 0.25) is 0 Å². The zero-order valence-corrected chi connectivity index (χ0v) is 16.8. The van der Waals surface area contributed by atoms with Gasteiger partial charge in [0.05, 0.1) is 0 Å². The second-order valence-corrected chi connectivity index (χ2v) is 7.74. The fraction of sp³-hybridized carbons (Fsp3) is 0.333. The van der Waals surface area contributed by atoms with Gasteiger partial charge in [0, 0.05) is 25.0 Å². The lowest BCUT2D eigenvalue weighted by molar-refractivity contribution is -0.123. The number of aromatic nitrogens is 1. The van der Waals surface area contributed by atoms with Crippen molar-refractivity contribution < 1.29 is 9.53 Å². The molecule has 3 aromatic rings. The van der Waals surface area contributed by atoms with Gasteiger partial charge in [0.1, 0.15) is 17.1 Å². The zero-order chi connectivity index (χ0) is 20.1. The highest BCUT2D eigenvalue weighted by Gasteiger charge is 2.18. The van der Waals surface area contributed by atoms with Crippen LogP contribution in [-0.2, 0) is 11.3 Å².